The van der Waals surface area contributed by atoms with Gasteiger partial charge in [-0.25, -0.2) is 4.39 Å². The summed E-state index contributed by atoms with van der Waals surface area (Å²) in [6.45, 7) is 3.05. The highest BCUT2D eigenvalue weighted by Crippen LogP contribution is 2.27. The number of unbranched alkanes of at least 4 members (excludes halogenated alkanes) is 2. The highest BCUT2D eigenvalue weighted by Gasteiger charge is 2.25. The molecule has 1 saturated heterocycles. The zero-order valence-electron chi connectivity index (χ0n) is 11.8. The van der Waals surface area contributed by atoms with Crippen molar-refractivity contribution in [1.29, 1.82) is 5.26 Å². The number of rotatable bonds is 5. The molecule has 0 amide bonds. The maximum atomic E-state index is 13.9. The van der Waals surface area contributed by atoms with E-state index in [9.17, 15) is 4.39 Å². The normalized spacial score (nSPS) is 22.4. The van der Waals surface area contributed by atoms with Crippen LogP contribution in [0.1, 0.15) is 49.8 Å². The molecule has 1 heterocycles. The van der Waals surface area contributed by atoms with Gasteiger partial charge in [0, 0.05) is 5.56 Å². The lowest BCUT2D eigenvalue weighted by molar-refractivity contribution is -0.138. The number of halogens is 1. The van der Waals surface area contributed by atoms with E-state index in [2.05, 4.69) is 6.92 Å². The fourth-order valence-electron chi connectivity index (χ4n) is 2.37. The minimum absolute atomic E-state index is 0.124. The van der Waals surface area contributed by atoms with E-state index in [0.29, 0.717) is 24.3 Å². The Hall–Kier alpha value is -1.44. The lowest BCUT2D eigenvalue weighted by Crippen LogP contribution is -2.31. The summed E-state index contributed by atoms with van der Waals surface area (Å²) in [6.07, 6.45) is 4.28. The molecule has 20 heavy (non-hydrogen) atoms. The second-order valence-corrected chi connectivity index (χ2v) is 5.12. The highest BCUT2D eigenvalue weighted by molar-refractivity contribution is 5.33. The van der Waals surface area contributed by atoms with Crippen molar-refractivity contribution in [2.24, 2.45) is 0 Å². The molecule has 3 nitrogen and oxygen atoms in total. The molecule has 4 heteroatoms. The van der Waals surface area contributed by atoms with Crippen LogP contribution in [0.15, 0.2) is 18.2 Å². The maximum absolute atomic E-state index is 13.9. The second-order valence-electron chi connectivity index (χ2n) is 5.12. The predicted molar refractivity (Wildman–Crippen MR) is 73.7 cm³/mol. The Morgan fingerprint density at radius 2 is 2.15 bits per heavy atom. The Bertz CT molecular complexity index is 476. The van der Waals surface area contributed by atoms with Crippen LogP contribution in [0.5, 0.6) is 0 Å². The molecular weight excluding hydrogens is 257 g/mol. The molecule has 0 unspecified atom stereocenters. The van der Waals surface area contributed by atoms with E-state index in [1.807, 2.05) is 6.07 Å². The summed E-state index contributed by atoms with van der Waals surface area (Å²) in [5, 5.41) is 8.73. The minimum atomic E-state index is -0.401. The number of hydrogen-bond donors (Lipinski definition) is 0. The van der Waals surface area contributed by atoms with Gasteiger partial charge in [0.05, 0.1) is 31.0 Å². The lowest BCUT2D eigenvalue weighted by Gasteiger charge is -2.30. The number of benzene rings is 1. The van der Waals surface area contributed by atoms with E-state index >= 15 is 0 Å². The van der Waals surface area contributed by atoms with E-state index in [-0.39, 0.29) is 12.2 Å². The number of nitriles is 1. The number of nitrogens with zero attached hydrogens (tertiary/aromatic N) is 1. The number of ether oxygens (including phenoxy) is 2. The molecule has 108 valence electrons. The topological polar surface area (TPSA) is 42.2 Å². The van der Waals surface area contributed by atoms with Gasteiger partial charge in [-0.15, -0.1) is 0 Å². The largest absolute Gasteiger partial charge is 0.373 e. The van der Waals surface area contributed by atoms with Crippen LogP contribution in [0, 0.1) is 17.1 Å². The van der Waals surface area contributed by atoms with Gasteiger partial charge in [0.15, 0.2) is 0 Å². The van der Waals surface area contributed by atoms with Crippen molar-refractivity contribution >= 4 is 0 Å². The molecule has 1 fully saturated rings. The van der Waals surface area contributed by atoms with Crippen LogP contribution in [0.25, 0.3) is 0 Å². The first-order valence-electron chi connectivity index (χ1n) is 7.17. The van der Waals surface area contributed by atoms with Crippen LogP contribution in [0.3, 0.4) is 0 Å². The van der Waals surface area contributed by atoms with Gasteiger partial charge in [-0.1, -0.05) is 32.3 Å². The van der Waals surface area contributed by atoms with Gasteiger partial charge < -0.3 is 9.47 Å². The molecule has 1 aliphatic heterocycles. The molecular formula is C16H20FNO2. The maximum Gasteiger partial charge on any atom is 0.130 e. The van der Waals surface area contributed by atoms with E-state index < -0.39 is 5.82 Å². The van der Waals surface area contributed by atoms with Crippen molar-refractivity contribution in [2.45, 2.75) is 44.8 Å². The quantitative estimate of drug-likeness (QED) is 0.770. The molecule has 0 bridgehead atoms. The Labute approximate surface area is 119 Å². The first-order valence-corrected chi connectivity index (χ1v) is 7.17. The Morgan fingerprint density at radius 3 is 2.75 bits per heavy atom. The number of hydrogen-bond acceptors (Lipinski definition) is 3. The standard InChI is InChI=1S/C16H20FNO2/c1-2-3-4-5-13-10-20-16(11-19-13)14-7-6-12(9-18)8-15(14)17/h6-8,13,16H,2-5,10-11H2,1H3/t13-,16-/m0/s1. The van der Waals surface area contributed by atoms with Gasteiger partial charge in [-0.2, -0.15) is 5.26 Å². The molecule has 2 rings (SSSR count). The summed E-state index contributed by atoms with van der Waals surface area (Å²) in [6, 6.07) is 6.38. The third-order valence-electron chi connectivity index (χ3n) is 3.57. The zero-order valence-corrected chi connectivity index (χ0v) is 11.8. The van der Waals surface area contributed by atoms with Crippen molar-refractivity contribution in [3.05, 3.63) is 35.1 Å². The summed E-state index contributed by atoms with van der Waals surface area (Å²) in [4.78, 5) is 0. The van der Waals surface area contributed by atoms with Crippen molar-refractivity contribution < 1.29 is 13.9 Å². The van der Waals surface area contributed by atoms with Crippen molar-refractivity contribution in [3.8, 4) is 6.07 Å². The average molecular weight is 277 g/mol. The Morgan fingerprint density at radius 1 is 1.30 bits per heavy atom. The SMILES string of the molecule is CCCCC[C@H]1CO[C@H](c2ccc(C#N)cc2F)CO1. The zero-order chi connectivity index (χ0) is 14.4. The average Bonchev–Trinajstić information content (AvgIpc) is 2.48. The summed E-state index contributed by atoms with van der Waals surface area (Å²) in [7, 11) is 0. The van der Waals surface area contributed by atoms with Gasteiger partial charge >= 0.3 is 0 Å². The van der Waals surface area contributed by atoms with Gasteiger partial charge in [-0.3, -0.25) is 0 Å². The predicted octanol–water partition coefficient (Wildman–Crippen LogP) is 3.73. The van der Waals surface area contributed by atoms with E-state index in [1.54, 1.807) is 12.1 Å². The van der Waals surface area contributed by atoms with Crippen molar-refractivity contribution in [1.82, 2.24) is 0 Å². The fraction of sp³-hybridized carbons (Fsp3) is 0.562. The van der Waals surface area contributed by atoms with E-state index in [0.717, 1.165) is 12.8 Å². The van der Waals surface area contributed by atoms with Crippen LogP contribution in [0.4, 0.5) is 4.39 Å². The van der Waals surface area contributed by atoms with Gasteiger partial charge in [-0.05, 0) is 18.6 Å². The lowest BCUT2D eigenvalue weighted by atomic mass is 10.1. The molecule has 1 aliphatic rings. The molecule has 1 aromatic rings. The van der Waals surface area contributed by atoms with Crippen LogP contribution in [-0.4, -0.2) is 19.3 Å². The first-order chi connectivity index (χ1) is 9.74. The summed E-state index contributed by atoms with van der Waals surface area (Å²) in [5.41, 5.74) is 0.788. The summed E-state index contributed by atoms with van der Waals surface area (Å²) < 4.78 is 25.3. The van der Waals surface area contributed by atoms with Gasteiger partial charge in [0.25, 0.3) is 0 Å². The Kier molecular flexibility index (Phi) is 5.51. The van der Waals surface area contributed by atoms with Crippen molar-refractivity contribution in [3.63, 3.8) is 0 Å². The van der Waals surface area contributed by atoms with E-state index in [1.165, 1.54) is 18.9 Å². The first kappa shape index (κ1) is 15.0. The summed E-state index contributed by atoms with van der Waals surface area (Å²) in [5.74, 6) is -0.401. The van der Waals surface area contributed by atoms with Crippen LogP contribution >= 0.6 is 0 Å². The minimum Gasteiger partial charge on any atom is -0.373 e. The van der Waals surface area contributed by atoms with Gasteiger partial charge in [0.1, 0.15) is 11.9 Å². The molecule has 0 radical (unpaired) electrons. The molecule has 0 aliphatic carbocycles. The monoisotopic (exact) mass is 277 g/mol. The van der Waals surface area contributed by atoms with Crippen molar-refractivity contribution in [2.75, 3.05) is 13.2 Å². The Balaban J connectivity index is 1.89. The molecule has 1 aromatic carbocycles. The van der Waals surface area contributed by atoms with E-state index in [4.69, 9.17) is 14.7 Å². The summed E-state index contributed by atoms with van der Waals surface area (Å²) >= 11 is 0. The van der Waals surface area contributed by atoms with Crippen LogP contribution in [0.2, 0.25) is 0 Å². The van der Waals surface area contributed by atoms with Gasteiger partial charge in [0.2, 0.25) is 0 Å². The smallest absolute Gasteiger partial charge is 0.130 e. The fourth-order valence-corrected chi connectivity index (χ4v) is 2.37. The highest BCUT2D eigenvalue weighted by atomic mass is 19.1. The molecule has 0 aromatic heterocycles. The molecule has 0 spiro atoms. The third-order valence-corrected chi connectivity index (χ3v) is 3.57. The van der Waals surface area contributed by atoms with Crippen LogP contribution in [-0.2, 0) is 9.47 Å². The second kappa shape index (κ2) is 7.37. The molecule has 0 N–H and O–H groups in total. The molecule has 2 atom stereocenters. The van der Waals surface area contributed by atoms with Crippen LogP contribution < -0.4 is 0 Å². The third kappa shape index (κ3) is 3.78. The molecule has 0 saturated carbocycles.